The number of thioether (sulfide) groups is 1. The predicted molar refractivity (Wildman–Crippen MR) is 63.8 cm³/mol. The van der Waals surface area contributed by atoms with Gasteiger partial charge in [0, 0.05) is 10.5 Å². The highest BCUT2D eigenvalue weighted by Gasteiger charge is 2.14. The van der Waals surface area contributed by atoms with E-state index in [1.807, 2.05) is 12.1 Å². The van der Waals surface area contributed by atoms with Crippen LogP contribution in [0.1, 0.15) is 24.2 Å². The van der Waals surface area contributed by atoms with E-state index in [2.05, 4.69) is 4.74 Å². The summed E-state index contributed by atoms with van der Waals surface area (Å²) in [5.41, 5.74) is 0.676. The van der Waals surface area contributed by atoms with Crippen LogP contribution >= 0.6 is 11.8 Å². The molecule has 0 saturated heterocycles. The molecule has 0 aliphatic rings. The summed E-state index contributed by atoms with van der Waals surface area (Å²) < 4.78 is 4.63. The zero-order valence-electron chi connectivity index (χ0n) is 9.52. The molecule has 0 radical (unpaired) electrons. The first kappa shape index (κ1) is 12.8. The summed E-state index contributed by atoms with van der Waals surface area (Å²) in [6, 6.07) is 7.19. The van der Waals surface area contributed by atoms with Crippen LogP contribution in [0.2, 0.25) is 0 Å². The summed E-state index contributed by atoms with van der Waals surface area (Å²) in [4.78, 5) is 23.2. The fourth-order valence-electron chi connectivity index (χ4n) is 1.19. The number of hydrogen-bond acceptors (Lipinski definition) is 4. The Morgan fingerprint density at radius 1 is 1.25 bits per heavy atom. The van der Waals surface area contributed by atoms with Crippen LogP contribution in [0.15, 0.2) is 29.2 Å². The molecule has 3 nitrogen and oxygen atoms in total. The molecule has 0 aliphatic carbocycles. The number of ketones is 1. The van der Waals surface area contributed by atoms with Gasteiger partial charge in [0.1, 0.15) is 5.25 Å². The zero-order valence-corrected chi connectivity index (χ0v) is 10.3. The number of carbonyl (C=O) groups excluding carboxylic acids is 2. The lowest BCUT2D eigenvalue weighted by atomic mass is 10.2. The fourth-order valence-corrected chi connectivity index (χ4v) is 2.08. The van der Waals surface area contributed by atoms with Gasteiger partial charge >= 0.3 is 5.97 Å². The standard InChI is InChI=1S/C12H14O3S/c1-8(13)10-4-6-11(7-5-10)16-9(2)12(14)15-3/h4-7,9H,1-3H3. The van der Waals surface area contributed by atoms with Crippen molar-refractivity contribution in [2.45, 2.75) is 24.0 Å². The highest BCUT2D eigenvalue weighted by atomic mass is 32.2. The van der Waals surface area contributed by atoms with Gasteiger partial charge in [0.15, 0.2) is 5.78 Å². The summed E-state index contributed by atoms with van der Waals surface area (Å²) in [7, 11) is 1.37. The molecule has 4 heteroatoms. The molecular formula is C12H14O3S. The number of carbonyl (C=O) groups is 2. The molecular weight excluding hydrogens is 224 g/mol. The molecule has 0 saturated carbocycles. The molecule has 0 aromatic heterocycles. The minimum Gasteiger partial charge on any atom is -0.468 e. The third kappa shape index (κ3) is 3.38. The third-order valence-corrected chi connectivity index (χ3v) is 3.20. The second-order valence-electron chi connectivity index (χ2n) is 3.36. The number of methoxy groups -OCH3 is 1. The van der Waals surface area contributed by atoms with E-state index in [0.29, 0.717) is 5.56 Å². The van der Waals surface area contributed by atoms with Gasteiger partial charge < -0.3 is 4.74 Å². The molecule has 0 fully saturated rings. The van der Waals surface area contributed by atoms with Crippen molar-refractivity contribution >= 4 is 23.5 Å². The van der Waals surface area contributed by atoms with Gasteiger partial charge in [0.05, 0.1) is 7.11 Å². The summed E-state index contributed by atoms with van der Waals surface area (Å²) in [5.74, 6) is -0.210. The second-order valence-corrected chi connectivity index (χ2v) is 4.78. The smallest absolute Gasteiger partial charge is 0.318 e. The number of esters is 1. The molecule has 0 amide bonds. The summed E-state index contributed by atoms with van der Waals surface area (Å²) in [6.07, 6.45) is 0. The molecule has 0 heterocycles. The number of Topliss-reactive ketones (excluding diaryl/α,β-unsaturated/α-hetero) is 1. The van der Waals surface area contributed by atoms with Gasteiger partial charge in [-0.25, -0.2) is 0 Å². The van der Waals surface area contributed by atoms with Crippen LogP contribution in [0.3, 0.4) is 0 Å². The van der Waals surface area contributed by atoms with Crippen LogP contribution in [0.5, 0.6) is 0 Å². The first-order valence-electron chi connectivity index (χ1n) is 4.90. The first-order valence-corrected chi connectivity index (χ1v) is 5.78. The fraction of sp³-hybridized carbons (Fsp3) is 0.333. The summed E-state index contributed by atoms with van der Waals surface area (Å²) in [5, 5.41) is -0.242. The Balaban J connectivity index is 2.68. The van der Waals surface area contributed by atoms with Crippen molar-refractivity contribution < 1.29 is 14.3 Å². The van der Waals surface area contributed by atoms with Crippen molar-refractivity contribution in [2.75, 3.05) is 7.11 Å². The van der Waals surface area contributed by atoms with Gasteiger partial charge in [-0.2, -0.15) is 0 Å². The van der Waals surface area contributed by atoms with Gasteiger partial charge in [-0.1, -0.05) is 12.1 Å². The minimum atomic E-state index is -0.249. The van der Waals surface area contributed by atoms with E-state index in [-0.39, 0.29) is 17.0 Å². The Labute approximate surface area is 99.2 Å². The van der Waals surface area contributed by atoms with Gasteiger partial charge in [-0.15, -0.1) is 11.8 Å². The van der Waals surface area contributed by atoms with E-state index >= 15 is 0 Å². The van der Waals surface area contributed by atoms with Crippen molar-refractivity contribution in [3.8, 4) is 0 Å². The van der Waals surface area contributed by atoms with E-state index in [1.165, 1.54) is 25.8 Å². The molecule has 1 aromatic carbocycles. The largest absolute Gasteiger partial charge is 0.468 e. The molecule has 86 valence electrons. The third-order valence-electron chi connectivity index (χ3n) is 2.11. The Bertz CT molecular complexity index is 384. The molecule has 0 N–H and O–H groups in total. The van der Waals surface area contributed by atoms with Crippen molar-refractivity contribution in [1.29, 1.82) is 0 Å². The van der Waals surface area contributed by atoms with Gasteiger partial charge in [-0.3, -0.25) is 9.59 Å². The van der Waals surface area contributed by atoms with Gasteiger partial charge in [-0.05, 0) is 26.0 Å². The maximum atomic E-state index is 11.2. The lowest BCUT2D eigenvalue weighted by Gasteiger charge is -2.08. The predicted octanol–water partition coefficient (Wildman–Crippen LogP) is 2.54. The van der Waals surface area contributed by atoms with Gasteiger partial charge in [0.2, 0.25) is 0 Å². The minimum absolute atomic E-state index is 0.0394. The van der Waals surface area contributed by atoms with Crippen molar-refractivity contribution in [1.82, 2.24) is 0 Å². The Hall–Kier alpha value is -1.29. The van der Waals surface area contributed by atoms with E-state index < -0.39 is 0 Å². The molecule has 16 heavy (non-hydrogen) atoms. The van der Waals surface area contributed by atoms with Gasteiger partial charge in [0.25, 0.3) is 0 Å². The van der Waals surface area contributed by atoms with Crippen LogP contribution in [0, 0.1) is 0 Å². The maximum absolute atomic E-state index is 11.2. The van der Waals surface area contributed by atoms with E-state index in [9.17, 15) is 9.59 Å². The van der Waals surface area contributed by atoms with Crippen molar-refractivity contribution in [3.63, 3.8) is 0 Å². The number of ether oxygens (including phenoxy) is 1. The van der Waals surface area contributed by atoms with E-state index in [4.69, 9.17) is 0 Å². The first-order chi connectivity index (χ1) is 7.54. The normalized spacial score (nSPS) is 11.9. The molecule has 0 aliphatic heterocycles. The molecule has 0 spiro atoms. The average Bonchev–Trinajstić information content (AvgIpc) is 2.28. The second kappa shape index (κ2) is 5.70. The topological polar surface area (TPSA) is 43.4 Å². The van der Waals surface area contributed by atoms with Crippen molar-refractivity contribution in [2.24, 2.45) is 0 Å². The number of rotatable bonds is 4. The number of benzene rings is 1. The lowest BCUT2D eigenvalue weighted by Crippen LogP contribution is -2.14. The Morgan fingerprint density at radius 2 is 1.81 bits per heavy atom. The van der Waals surface area contributed by atoms with Crippen LogP contribution in [-0.4, -0.2) is 24.1 Å². The van der Waals surface area contributed by atoms with E-state index in [1.54, 1.807) is 19.1 Å². The van der Waals surface area contributed by atoms with Crippen LogP contribution in [0.4, 0.5) is 0 Å². The molecule has 1 aromatic rings. The number of hydrogen-bond donors (Lipinski definition) is 0. The monoisotopic (exact) mass is 238 g/mol. The van der Waals surface area contributed by atoms with Crippen LogP contribution in [0.25, 0.3) is 0 Å². The maximum Gasteiger partial charge on any atom is 0.318 e. The quantitative estimate of drug-likeness (QED) is 0.459. The molecule has 1 atom stereocenters. The zero-order chi connectivity index (χ0) is 12.1. The SMILES string of the molecule is COC(=O)C(C)Sc1ccc(C(C)=O)cc1. The molecule has 1 rings (SSSR count). The Morgan fingerprint density at radius 3 is 2.25 bits per heavy atom. The van der Waals surface area contributed by atoms with E-state index in [0.717, 1.165) is 4.90 Å². The molecule has 1 unspecified atom stereocenters. The van der Waals surface area contributed by atoms with Crippen LogP contribution < -0.4 is 0 Å². The Kier molecular flexibility index (Phi) is 4.55. The molecule has 0 bridgehead atoms. The highest BCUT2D eigenvalue weighted by molar-refractivity contribution is 8.00. The van der Waals surface area contributed by atoms with Crippen molar-refractivity contribution in [3.05, 3.63) is 29.8 Å². The summed E-state index contributed by atoms with van der Waals surface area (Å²) >= 11 is 1.41. The van der Waals surface area contributed by atoms with Crippen LogP contribution in [-0.2, 0) is 9.53 Å². The average molecular weight is 238 g/mol. The highest BCUT2D eigenvalue weighted by Crippen LogP contribution is 2.24. The summed E-state index contributed by atoms with van der Waals surface area (Å²) in [6.45, 7) is 3.31. The lowest BCUT2D eigenvalue weighted by molar-refractivity contribution is -0.139.